The summed E-state index contributed by atoms with van der Waals surface area (Å²) in [6.07, 6.45) is 9.29. The molecule has 0 unspecified atom stereocenters. The molecule has 1 saturated carbocycles. The Bertz CT molecular complexity index is 430. The second-order valence-electron chi connectivity index (χ2n) is 5.83. The van der Waals surface area contributed by atoms with Crippen LogP contribution in [0.4, 0.5) is 0 Å². The standard InChI is InChI=1S/C15H23N3S/c16-14-17-12-15(8-4-2-1-3-5-9-15)18(14)11-13-7-6-10-19-13/h6-7,10H,1-5,8-9,11-12H2,(H2,16,17). The van der Waals surface area contributed by atoms with E-state index in [1.807, 2.05) is 11.3 Å². The lowest BCUT2D eigenvalue weighted by molar-refractivity contribution is 0.150. The first-order chi connectivity index (χ1) is 9.30. The number of aliphatic imine (C=N–C) groups is 1. The Hall–Kier alpha value is -1.03. The van der Waals surface area contributed by atoms with Crippen LogP contribution in [-0.4, -0.2) is 22.9 Å². The monoisotopic (exact) mass is 277 g/mol. The summed E-state index contributed by atoms with van der Waals surface area (Å²) >= 11 is 1.82. The van der Waals surface area contributed by atoms with E-state index in [0.29, 0.717) is 0 Å². The smallest absolute Gasteiger partial charge is 0.192 e. The highest BCUT2D eigenvalue weighted by molar-refractivity contribution is 7.09. The third-order valence-corrected chi connectivity index (χ3v) is 5.42. The minimum absolute atomic E-state index is 0.217. The van der Waals surface area contributed by atoms with Crippen LogP contribution in [0.2, 0.25) is 0 Å². The summed E-state index contributed by atoms with van der Waals surface area (Å²) in [6, 6.07) is 4.32. The summed E-state index contributed by atoms with van der Waals surface area (Å²) < 4.78 is 0. The molecule has 0 atom stereocenters. The van der Waals surface area contributed by atoms with Gasteiger partial charge in [-0.05, 0) is 24.3 Å². The summed E-state index contributed by atoms with van der Waals surface area (Å²) in [5.74, 6) is 0.758. The summed E-state index contributed by atoms with van der Waals surface area (Å²) in [7, 11) is 0. The minimum atomic E-state index is 0.217. The van der Waals surface area contributed by atoms with Crippen molar-refractivity contribution in [3.8, 4) is 0 Å². The minimum Gasteiger partial charge on any atom is -0.370 e. The molecule has 3 rings (SSSR count). The summed E-state index contributed by atoms with van der Waals surface area (Å²) in [5, 5.41) is 2.14. The number of thiophene rings is 1. The van der Waals surface area contributed by atoms with Gasteiger partial charge in [-0.25, -0.2) is 0 Å². The van der Waals surface area contributed by atoms with E-state index in [-0.39, 0.29) is 5.54 Å². The number of guanidine groups is 1. The first-order valence-corrected chi connectivity index (χ1v) is 8.28. The van der Waals surface area contributed by atoms with Crippen molar-refractivity contribution >= 4 is 17.3 Å². The Morgan fingerprint density at radius 3 is 2.63 bits per heavy atom. The molecule has 1 fully saturated rings. The van der Waals surface area contributed by atoms with Gasteiger partial charge in [0.05, 0.1) is 18.6 Å². The maximum atomic E-state index is 6.17. The molecule has 2 N–H and O–H groups in total. The first kappa shape index (κ1) is 13.0. The number of nitrogens with two attached hydrogens (primary N) is 1. The molecule has 0 saturated heterocycles. The number of hydrogen-bond acceptors (Lipinski definition) is 4. The van der Waals surface area contributed by atoms with Crippen molar-refractivity contribution in [1.82, 2.24) is 4.90 Å². The molecule has 0 aromatic carbocycles. The molecule has 0 bridgehead atoms. The van der Waals surface area contributed by atoms with Gasteiger partial charge in [0.2, 0.25) is 0 Å². The lowest BCUT2D eigenvalue weighted by atomic mass is 9.83. The number of rotatable bonds is 2. The molecule has 1 spiro atoms. The van der Waals surface area contributed by atoms with Crippen LogP contribution in [0.25, 0.3) is 0 Å². The van der Waals surface area contributed by atoms with E-state index >= 15 is 0 Å². The summed E-state index contributed by atoms with van der Waals surface area (Å²) in [4.78, 5) is 8.36. The summed E-state index contributed by atoms with van der Waals surface area (Å²) in [6.45, 7) is 1.84. The Labute approximate surface area is 119 Å². The van der Waals surface area contributed by atoms with Crippen LogP contribution >= 0.6 is 11.3 Å². The molecule has 2 aliphatic rings. The van der Waals surface area contributed by atoms with Crippen molar-refractivity contribution in [3.63, 3.8) is 0 Å². The lowest BCUT2D eigenvalue weighted by Gasteiger charge is -2.40. The molecule has 1 aromatic rings. The highest BCUT2D eigenvalue weighted by atomic mass is 32.1. The van der Waals surface area contributed by atoms with Gasteiger partial charge < -0.3 is 10.6 Å². The molecule has 4 heteroatoms. The van der Waals surface area contributed by atoms with E-state index in [1.165, 1.54) is 49.8 Å². The molecular weight excluding hydrogens is 254 g/mol. The fraction of sp³-hybridized carbons (Fsp3) is 0.667. The lowest BCUT2D eigenvalue weighted by Crippen LogP contribution is -2.51. The second-order valence-corrected chi connectivity index (χ2v) is 6.86. The normalized spacial score (nSPS) is 23.2. The van der Waals surface area contributed by atoms with Gasteiger partial charge in [0.15, 0.2) is 5.96 Å². The van der Waals surface area contributed by atoms with E-state index < -0.39 is 0 Å². The highest BCUT2D eigenvalue weighted by Gasteiger charge is 2.41. The predicted molar refractivity (Wildman–Crippen MR) is 81.4 cm³/mol. The molecule has 0 radical (unpaired) electrons. The van der Waals surface area contributed by atoms with Gasteiger partial charge in [0.1, 0.15) is 0 Å². The van der Waals surface area contributed by atoms with E-state index in [1.54, 1.807) is 0 Å². The van der Waals surface area contributed by atoms with Crippen molar-refractivity contribution in [3.05, 3.63) is 22.4 Å². The predicted octanol–water partition coefficient (Wildman–Crippen LogP) is 3.36. The molecule has 1 aliphatic heterocycles. The Balaban J connectivity index is 1.78. The zero-order valence-corrected chi connectivity index (χ0v) is 12.3. The largest absolute Gasteiger partial charge is 0.370 e. The molecule has 19 heavy (non-hydrogen) atoms. The van der Waals surface area contributed by atoms with Crippen LogP contribution in [0.3, 0.4) is 0 Å². The maximum Gasteiger partial charge on any atom is 0.192 e. The Morgan fingerprint density at radius 2 is 1.95 bits per heavy atom. The van der Waals surface area contributed by atoms with Crippen LogP contribution < -0.4 is 5.73 Å². The second kappa shape index (κ2) is 5.53. The van der Waals surface area contributed by atoms with Crippen molar-refractivity contribution in [1.29, 1.82) is 0 Å². The topological polar surface area (TPSA) is 41.6 Å². The Morgan fingerprint density at radius 1 is 1.21 bits per heavy atom. The van der Waals surface area contributed by atoms with Gasteiger partial charge >= 0.3 is 0 Å². The van der Waals surface area contributed by atoms with E-state index in [2.05, 4.69) is 27.4 Å². The zero-order valence-electron chi connectivity index (χ0n) is 11.5. The van der Waals surface area contributed by atoms with E-state index in [9.17, 15) is 0 Å². The van der Waals surface area contributed by atoms with Crippen LogP contribution in [0.15, 0.2) is 22.5 Å². The zero-order chi connectivity index (χ0) is 13.1. The fourth-order valence-corrected chi connectivity index (χ4v) is 4.13. The average Bonchev–Trinajstić information content (AvgIpc) is 2.98. The molecule has 1 aromatic heterocycles. The van der Waals surface area contributed by atoms with Crippen molar-refractivity contribution in [2.75, 3.05) is 6.54 Å². The maximum absolute atomic E-state index is 6.17. The number of nitrogens with zero attached hydrogens (tertiary/aromatic N) is 2. The third kappa shape index (κ3) is 2.64. The SMILES string of the molecule is NC1=NCC2(CCCCCCC2)N1Cc1cccs1. The quantitative estimate of drug-likeness (QED) is 0.900. The van der Waals surface area contributed by atoms with Gasteiger partial charge in [-0.2, -0.15) is 0 Å². The molecule has 1 aliphatic carbocycles. The fourth-order valence-electron chi connectivity index (χ4n) is 3.44. The molecule has 2 heterocycles. The third-order valence-electron chi connectivity index (χ3n) is 4.56. The number of hydrogen-bond donors (Lipinski definition) is 1. The van der Waals surface area contributed by atoms with Crippen molar-refractivity contribution in [2.24, 2.45) is 10.7 Å². The molecular formula is C15H23N3S. The van der Waals surface area contributed by atoms with Gasteiger partial charge in [0, 0.05) is 4.88 Å². The van der Waals surface area contributed by atoms with Crippen LogP contribution in [-0.2, 0) is 6.54 Å². The molecule has 3 nitrogen and oxygen atoms in total. The van der Waals surface area contributed by atoms with Crippen LogP contribution in [0.1, 0.15) is 49.8 Å². The van der Waals surface area contributed by atoms with Crippen molar-refractivity contribution < 1.29 is 0 Å². The van der Waals surface area contributed by atoms with E-state index in [4.69, 9.17) is 5.73 Å². The van der Waals surface area contributed by atoms with Gasteiger partial charge in [0.25, 0.3) is 0 Å². The van der Waals surface area contributed by atoms with Crippen LogP contribution in [0, 0.1) is 0 Å². The first-order valence-electron chi connectivity index (χ1n) is 7.40. The van der Waals surface area contributed by atoms with Gasteiger partial charge in [-0.3, -0.25) is 4.99 Å². The van der Waals surface area contributed by atoms with Gasteiger partial charge in [-0.15, -0.1) is 11.3 Å². The average molecular weight is 277 g/mol. The molecule has 0 amide bonds. The van der Waals surface area contributed by atoms with Gasteiger partial charge in [-0.1, -0.05) is 38.2 Å². The molecule has 104 valence electrons. The Kier molecular flexibility index (Phi) is 3.78. The van der Waals surface area contributed by atoms with Crippen LogP contribution in [0.5, 0.6) is 0 Å². The van der Waals surface area contributed by atoms with Crippen molar-refractivity contribution in [2.45, 2.75) is 57.0 Å². The van der Waals surface area contributed by atoms with E-state index in [0.717, 1.165) is 19.0 Å². The summed E-state index contributed by atoms with van der Waals surface area (Å²) in [5.41, 5.74) is 6.39. The highest BCUT2D eigenvalue weighted by Crippen LogP contribution is 2.36.